The van der Waals surface area contributed by atoms with Crippen molar-refractivity contribution in [2.75, 3.05) is 44.2 Å². The van der Waals surface area contributed by atoms with Crippen molar-refractivity contribution in [3.05, 3.63) is 18.5 Å². The molecule has 1 aromatic rings. The molecule has 0 aliphatic carbocycles. The average Bonchev–Trinajstić information content (AvgIpc) is 2.49. The molecule has 0 bridgehead atoms. The molecule has 0 radical (unpaired) electrons. The van der Waals surface area contributed by atoms with Crippen LogP contribution >= 0.6 is 0 Å². The van der Waals surface area contributed by atoms with E-state index in [4.69, 9.17) is 10.5 Å². The van der Waals surface area contributed by atoms with Crippen LogP contribution in [0.2, 0.25) is 0 Å². The van der Waals surface area contributed by atoms with E-state index in [1.165, 1.54) is 0 Å². The van der Waals surface area contributed by atoms with Crippen molar-refractivity contribution in [2.24, 2.45) is 5.73 Å². The van der Waals surface area contributed by atoms with E-state index in [-0.39, 0.29) is 5.97 Å². The van der Waals surface area contributed by atoms with Crippen molar-refractivity contribution >= 4 is 11.9 Å². The van der Waals surface area contributed by atoms with Gasteiger partial charge in [-0.25, -0.2) is 9.97 Å². The van der Waals surface area contributed by atoms with E-state index in [1.54, 1.807) is 32.3 Å². The standard InChI is InChI=1S/C14H23N5O2/c1-3-21-12(20)14(2,15)11-18-7-9-19(10-8-18)13-16-5-4-6-17-13/h4-6H,3,7-11,15H2,1-2H3. The van der Waals surface area contributed by atoms with Crippen LogP contribution in [0.1, 0.15) is 13.8 Å². The van der Waals surface area contributed by atoms with Gasteiger partial charge in [-0.15, -0.1) is 0 Å². The fraction of sp³-hybridized carbons (Fsp3) is 0.643. The number of nitrogens with two attached hydrogens (primary N) is 1. The molecule has 2 heterocycles. The second-order valence-corrected chi connectivity index (χ2v) is 5.45. The number of aromatic nitrogens is 2. The Morgan fingerprint density at radius 3 is 2.52 bits per heavy atom. The normalized spacial score (nSPS) is 19.1. The van der Waals surface area contributed by atoms with Crippen LogP contribution in [0, 0.1) is 0 Å². The van der Waals surface area contributed by atoms with Crippen LogP contribution in [0.3, 0.4) is 0 Å². The van der Waals surface area contributed by atoms with Gasteiger partial charge in [0.2, 0.25) is 5.95 Å². The van der Waals surface area contributed by atoms with E-state index in [1.807, 2.05) is 0 Å². The van der Waals surface area contributed by atoms with Crippen LogP contribution in [0.25, 0.3) is 0 Å². The Morgan fingerprint density at radius 1 is 1.33 bits per heavy atom. The van der Waals surface area contributed by atoms with Gasteiger partial charge in [0.05, 0.1) is 6.61 Å². The zero-order valence-electron chi connectivity index (χ0n) is 12.7. The number of carbonyl (C=O) groups excluding carboxylic acids is 1. The summed E-state index contributed by atoms with van der Waals surface area (Å²) in [6.07, 6.45) is 3.48. The second kappa shape index (κ2) is 6.82. The van der Waals surface area contributed by atoms with Gasteiger partial charge in [0.1, 0.15) is 5.54 Å². The molecule has 0 amide bonds. The van der Waals surface area contributed by atoms with Gasteiger partial charge >= 0.3 is 5.97 Å². The van der Waals surface area contributed by atoms with Gasteiger partial charge < -0.3 is 15.4 Å². The number of rotatable bonds is 5. The van der Waals surface area contributed by atoms with E-state index >= 15 is 0 Å². The Balaban J connectivity index is 1.85. The number of hydrogen-bond donors (Lipinski definition) is 1. The molecule has 7 nitrogen and oxygen atoms in total. The van der Waals surface area contributed by atoms with Crippen LogP contribution in [-0.4, -0.2) is 65.7 Å². The molecule has 2 rings (SSSR count). The molecule has 116 valence electrons. The summed E-state index contributed by atoms with van der Waals surface area (Å²) < 4.78 is 5.02. The number of piperazine rings is 1. The monoisotopic (exact) mass is 293 g/mol. The summed E-state index contributed by atoms with van der Waals surface area (Å²) in [5, 5.41) is 0. The van der Waals surface area contributed by atoms with E-state index < -0.39 is 5.54 Å². The third kappa shape index (κ3) is 4.12. The Bertz CT molecular complexity index is 458. The predicted molar refractivity (Wildman–Crippen MR) is 79.9 cm³/mol. The Kier molecular flexibility index (Phi) is 5.08. The van der Waals surface area contributed by atoms with Crippen molar-refractivity contribution in [2.45, 2.75) is 19.4 Å². The molecule has 0 saturated carbocycles. The third-order valence-electron chi connectivity index (χ3n) is 3.50. The van der Waals surface area contributed by atoms with Crippen LogP contribution < -0.4 is 10.6 Å². The summed E-state index contributed by atoms with van der Waals surface area (Å²) in [7, 11) is 0. The van der Waals surface area contributed by atoms with E-state index in [2.05, 4.69) is 19.8 Å². The molecule has 2 N–H and O–H groups in total. The highest BCUT2D eigenvalue weighted by Gasteiger charge is 2.33. The molecule has 0 spiro atoms. The minimum absolute atomic E-state index is 0.348. The molecule has 1 fully saturated rings. The smallest absolute Gasteiger partial charge is 0.327 e. The van der Waals surface area contributed by atoms with Gasteiger partial charge in [0, 0.05) is 45.1 Å². The summed E-state index contributed by atoms with van der Waals surface area (Å²) in [5.41, 5.74) is 5.10. The number of ether oxygens (including phenoxy) is 1. The largest absolute Gasteiger partial charge is 0.465 e. The SMILES string of the molecule is CCOC(=O)C(C)(N)CN1CCN(c2ncccn2)CC1. The summed E-state index contributed by atoms with van der Waals surface area (Å²) >= 11 is 0. The number of hydrogen-bond acceptors (Lipinski definition) is 7. The number of anilines is 1. The van der Waals surface area contributed by atoms with Gasteiger partial charge in [-0.05, 0) is 19.9 Å². The van der Waals surface area contributed by atoms with Crippen molar-refractivity contribution in [3.63, 3.8) is 0 Å². The fourth-order valence-electron chi connectivity index (χ4n) is 2.39. The average molecular weight is 293 g/mol. The number of carbonyl (C=O) groups is 1. The first-order valence-electron chi connectivity index (χ1n) is 7.23. The summed E-state index contributed by atoms with van der Waals surface area (Å²) in [6, 6.07) is 1.80. The molecular weight excluding hydrogens is 270 g/mol. The molecule has 1 atom stereocenters. The lowest BCUT2D eigenvalue weighted by Gasteiger charge is -2.37. The number of esters is 1. The summed E-state index contributed by atoms with van der Waals surface area (Å²) in [5.74, 6) is 0.400. The molecule has 1 saturated heterocycles. The Morgan fingerprint density at radius 2 is 1.95 bits per heavy atom. The predicted octanol–water partition coefficient (Wildman–Crippen LogP) is -0.121. The molecule has 0 aromatic carbocycles. The first-order valence-corrected chi connectivity index (χ1v) is 7.23. The van der Waals surface area contributed by atoms with E-state index in [0.717, 1.165) is 32.1 Å². The lowest BCUT2D eigenvalue weighted by Crippen LogP contribution is -2.58. The summed E-state index contributed by atoms with van der Waals surface area (Å²) in [6.45, 7) is 7.64. The van der Waals surface area contributed by atoms with Crippen molar-refractivity contribution in [3.8, 4) is 0 Å². The highest BCUT2D eigenvalue weighted by atomic mass is 16.5. The van der Waals surface area contributed by atoms with Crippen molar-refractivity contribution < 1.29 is 9.53 Å². The van der Waals surface area contributed by atoms with Gasteiger partial charge in [0.25, 0.3) is 0 Å². The first kappa shape index (κ1) is 15.7. The zero-order valence-corrected chi connectivity index (χ0v) is 12.7. The molecule has 21 heavy (non-hydrogen) atoms. The number of nitrogens with zero attached hydrogens (tertiary/aromatic N) is 4. The van der Waals surface area contributed by atoms with Crippen molar-refractivity contribution in [1.82, 2.24) is 14.9 Å². The maximum absolute atomic E-state index is 11.8. The molecular formula is C14H23N5O2. The van der Waals surface area contributed by atoms with Crippen LogP contribution in [-0.2, 0) is 9.53 Å². The van der Waals surface area contributed by atoms with Crippen LogP contribution in [0.5, 0.6) is 0 Å². The Labute approximate surface area is 125 Å². The maximum Gasteiger partial charge on any atom is 0.327 e. The first-order chi connectivity index (χ1) is 10.0. The lowest BCUT2D eigenvalue weighted by molar-refractivity contribution is -0.149. The molecule has 1 aliphatic heterocycles. The minimum Gasteiger partial charge on any atom is -0.465 e. The summed E-state index contributed by atoms with van der Waals surface area (Å²) in [4.78, 5) is 24.6. The second-order valence-electron chi connectivity index (χ2n) is 5.45. The van der Waals surface area contributed by atoms with Gasteiger partial charge in [-0.1, -0.05) is 0 Å². The Hall–Kier alpha value is -1.73. The van der Waals surface area contributed by atoms with E-state index in [9.17, 15) is 4.79 Å². The quantitative estimate of drug-likeness (QED) is 0.757. The van der Waals surface area contributed by atoms with Gasteiger partial charge in [0.15, 0.2) is 0 Å². The van der Waals surface area contributed by atoms with E-state index in [0.29, 0.717) is 13.2 Å². The molecule has 1 aliphatic rings. The topological polar surface area (TPSA) is 84.6 Å². The van der Waals surface area contributed by atoms with Crippen LogP contribution in [0.4, 0.5) is 5.95 Å². The highest BCUT2D eigenvalue weighted by Crippen LogP contribution is 2.12. The lowest BCUT2D eigenvalue weighted by atomic mass is 10.0. The van der Waals surface area contributed by atoms with Gasteiger partial charge in [-0.2, -0.15) is 0 Å². The third-order valence-corrected chi connectivity index (χ3v) is 3.50. The van der Waals surface area contributed by atoms with Crippen LogP contribution in [0.15, 0.2) is 18.5 Å². The minimum atomic E-state index is -0.971. The molecule has 1 unspecified atom stereocenters. The van der Waals surface area contributed by atoms with Gasteiger partial charge in [-0.3, -0.25) is 9.69 Å². The van der Waals surface area contributed by atoms with Crippen molar-refractivity contribution in [1.29, 1.82) is 0 Å². The maximum atomic E-state index is 11.8. The zero-order chi connectivity index (χ0) is 15.3. The fourth-order valence-corrected chi connectivity index (χ4v) is 2.39. The highest BCUT2D eigenvalue weighted by molar-refractivity contribution is 5.80. The molecule has 7 heteroatoms. The molecule has 1 aromatic heterocycles.